The van der Waals surface area contributed by atoms with Crippen LogP contribution < -0.4 is 10.6 Å². The van der Waals surface area contributed by atoms with Crippen molar-refractivity contribution in [1.82, 2.24) is 25.3 Å². The van der Waals surface area contributed by atoms with Gasteiger partial charge in [-0.05, 0) is 19.6 Å². The predicted octanol–water partition coefficient (Wildman–Crippen LogP) is 0.145. The second kappa shape index (κ2) is 12.4. The van der Waals surface area contributed by atoms with E-state index >= 15 is 0 Å². The summed E-state index contributed by atoms with van der Waals surface area (Å²) in [6.07, 6.45) is 0. The molecular weight excluding hydrogens is 262 g/mol. The normalized spacial score (nSPS) is 17.7. The summed E-state index contributed by atoms with van der Waals surface area (Å²) in [5.41, 5.74) is 0. The minimum atomic E-state index is 1.07. The summed E-state index contributed by atoms with van der Waals surface area (Å²) in [4.78, 5) is 7.56. The van der Waals surface area contributed by atoms with Crippen LogP contribution in [0.1, 0.15) is 20.8 Å². The maximum absolute atomic E-state index is 3.54. The number of rotatable bonds is 12. The van der Waals surface area contributed by atoms with Crippen molar-refractivity contribution in [3.8, 4) is 0 Å². The van der Waals surface area contributed by atoms with E-state index < -0.39 is 0 Å². The molecule has 21 heavy (non-hydrogen) atoms. The first-order chi connectivity index (χ1) is 10.3. The molecule has 2 N–H and O–H groups in total. The Bertz CT molecular complexity index is 225. The van der Waals surface area contributed by atoms with Crippen LogP contribution in [-0.4, -0.2) is 99.8 Å². The van der Waals surface area contributed by atoms with Crippen LogP contribution in [-0.2, 0) is 0 Å². The lowest BCUT2D eigenvalue weighted by atomic mass is 10.3. The molecule has 1 heterocycles. The summed E-state index contributed by atoms with van der Waals surface area (Å²) < 4.78 is 0. The highest BCUT2D eigenvalue weighted by Crippen LogP contribution is 1.99. The zero-order chi connectivity index (χ0) is 15.3. The van der Waals surface area contributed by atoms with Crippen LogP contribution in [0.25, 0.3) is 0 Å². The molecule has 126 valence electrons. The molecule has 1 rings (SSSR count). The summed E-state index contributed by atoms with van der Waals surface area (Å²) in [5.74, 6) is 0. The molecule has 0 spiro atoms. The third-order valence-corrected chi connectivity index (χ3v) is 4.49. The fourth-order valence-corrected chi connectivity index (χ4v) is 2.77. The number of nitrogens with zero attached hydrogens (tertiary/aromatic N) is 3. The van der Waals surface area contributed by atoms with Crippen molar-refractivity contribution < 1.29 is 0 Å². The fraction of sp³-hybridized carbons (Fsp3) is 1.00. The second-order valence-electron chi connectivity index (χ2n) is 5.80. The minimum absolute atomic E-state index is 1.07. The van der Waals surface area contributed by atoms with Crippen LogP contribution >= 0.6 is 0 Å². The fourth-order valence-electron chi connectivity index (χ4n) is 2.77. The van der Waals surface area contributed by atoms with Gasteiger partial charge >= 0.3 is 0 Å². The first kappa shape index (κ1) is 18.8. The monoisotopic (exact) mass is 299 g/mol. The summed E-state index contributed by atoms with van der Waals surface area (Å²) in [5, 5.41) is 7.05. The van der Waals surface area contributed by atoms with Gasteiger partial charge in [0.05, 0.1) is 0 Å². The average molecular weight is 300 g/mol. The Hall–Kier alpha value is -0.200. The van der Waals surface area contributed by atoms with Gasteiger partial charge in [-0.15, -0.1) is 0 Å². The van der Waals surface area contributed by atoms with Crippen molar-refractivity contribution in [1.29, 1.82) is 0 Å². The molecule has 1 saturated heterocycles. The zero-order valence-corrected chi connectivity index (χ0v) is 14.5. The highest BCUT2D eigenvalue weighted by molar-refractivity contribution is 4.71. The van der Waals surface area contributed by atoms with E-state index in [1.165, 1.54) is 39.3 Å². The Balaban J connectivity index is 1.85. The van der Waals surface area contributed by atoms with Gasteiger partial charge in [0.25, 0.3) is 0 Å². The summed E-state index contributed by atoms with van der Waals surface area (Å²) in [7, 11) is 0. The molecule has 0 aromatic carbocycles. The molecule has 0 saturated carbocycles. The Kier molecular flexibility index (Phi) is 11.1. The first-order valence-corrected chi connectivity index (χ1v) is 8.88. The van der Waals surface area contributed by atoms with E-state index in [2.05, 4.69) is 46.1 Å². The van der Waals surface area contributed by atoms with Crippen LogP contribution in [0.5, 0.6) is 0 Å². The van der Waals surface area contributed by atoms with E-state index in [9.17, 15) is 0 Å². The molecule has 5 heteroatoms. The molecular formula is C16H37N5. The average Bonchev–Trinajstić information content (AvgIpc) is 2.54. The van der Waals surface area contributed by atoms with Gasteiger partial charge in [-0.25, -0.2) is 0 Å². The van der Waals surface area contributed by atoms with Gasteiger partial charge in [-0.2, -0.15) is 0 Å². The quantitative estimate of drug-likeness (QED) is 0.501. The van der Waals surface area contributed by atoms with E-state index in [1.807, 2.05) is 0 Å². The molecule has 0 aromatic rings. The topological polar surface area (TPSA) is 33.8 Å². The molecule has 0 amide bonds. The molecule has 0 atom stereocenters. The lowest BCUT2D eigenvalue weighted by molar-refractivity contribution is 0.138. The van der Waals surface area contributed by atoms with Gasteiger partial charge in [-0.3, -0.25) is 4.90 Å². The highest BCUT2D eigenvalue weighted by atomic mass is 15.3. The van der Waals surface area contributed by atoms with Crippen LogP contribution in [0.4, 0.5) is 0 Å². The van der Waals surface area contributed by atoms with E-state index in [4.69, 9.17) is 0 Å². The zero-order valence-electron chi connectivity index (χ0n) is 14.5. The largest absolute Gasteiger partial charge is 0.314 e. The highest BCUT2D eigenvalue weighted by Gasteiger charge is 2.14. The molecule has 0 aromatic heterocycles. The lowest BCUT2D eigenvalue weighted by Gasteiger charge is -2.34. The molecule has 0 aliphatic carbocycles. The van der Waals surface area contributed by atoms with Crippen molar-refractivity contribution in [3.05, 3.63) is 0 Å². The number of hydrogen-bond acceptors (Lipinski definition) is 5. The molecule has 5 nitrogen and oxygen atoms in total. The second-order valence-corrected chi connectivity index (χ2v) is 5.80. The number of hydrogen-bond donors (Lipinski definition) is 2. The Morgan fingerprint density at radius 1 is 0.762 bits per heavy atom. The van der Waals surface area contributed by atoms with Gasteiger partial charge in [-0.1, -0.05) is 20.8 Å². The van der Waals surface area contributed by atoms with Gasteiger partial charge in [0.2, 0.25) is 0 Å². The maximum Gasteiger partial charge on any atom is 0.0110 e. The first-order valence-electron chi connectivity index (χ1n) is 8.88. The molecule has 1 fully saturated rings. The Morgan fingerprint density at radius 3 is 1.90 bits per heavy atom. The number of likely N-dealkylation sites (N-methyl/N-ethyl adjacent to an activating group) is 2. The standard InChI is InChI=1S/C16H37N5/c1-4-19(5-2)11-9-17-7-8-18-10-12-21-15-13-20(6-3)14-16-21/h17-18H,4-16H2,1-3H3. The Morgan fingerprint density at radius 2 is 1.33 bits per heavy atom. The van der Waals surface area contributed by atoms with Gasteiger partial charge in [0.15, 0.2) is 0 Å². The number of piperazine rings is 1. The molecule has 1 aliphatic rings. The minimum Gasteiger partial charge on any atom is -0.314 e. The van der Waals surface area contributed by atoms with Crippen LogP contribution in [0.15, 0.2) is 0 Å². The van der Waals surface area contributed by atoms with E-state index in [-0.39, 0.29) is 0 Å². The van der Waals surface area contributed by atoms with Crippen LogP contribution in [0.2, 0.25) is 0 Å². The third kappa shape index (κ3) is 8.73. The maximum atomic E-state index is 3.54. The van der Waals surface area contributed by atoms with E-state index in [0.717, 1.165) is 45.8 Å². The van der Waals surface area contributed by atoms with Crippen LogP contribution in [0.3, 0.4) is 0 Å². The lowest BCUT2D eigenvalue weighted by Crippen LogP contribution is -2.48. The van der Waals surface area contributed by atoms with E-state index in [1.54, 1.807) is 0 Å². The summed E-state index contributed by atoms with van der Waals surface area (Å²) in [6.45, 7) is 21.9. The van der Waals surface area contributed by atoms with Gasteiger partial charge < -0.3 is 20.4 Å². The predicted molar refractivity (Wildman–Crippen MR) is 92.1 cm³/mol. The Labute approximate surface area is 132 Å². The molecule has 0 bridgehead atoms. The summed E-state index contributed by atoms with van der Waals surface area (Å²) in [6, 6.07) is 0. The van der Waals surface area contributed by atoms with Gasteiger partial charge in [0.1, 0.15) is 0 Å². The van der Waals surface area contributed by atoms with Crippen LogP contribution in [0, 0.1) is 0 Å². The molecule has 0 radical (unpaired) electrons. The van der Waals surface area contributed by atoms with Crippen molar-refractivity contribution >= 4 is 0 Å². The molecule has 0 unspecified atom stereocenters. The third-order valence-electron chi connectivity index (χ3n) is 4.49. The van der Waals surface area contributed by atoms with Crippen molar-refractivity contribution in [2.75, 3.05) is 85.1 Å². The van der Waals surface area contributed by atoms with Crippen molar-refractivity contribution in [2.45, 2.75) is 20.8 Å². The smallest absolute Gasteiger partial charge is 0.0110 e. The molecule has 1 aliphatic heterocycles. The summed E-state index contributed by atoms with van der Waals surface area (Å²) >= 11 is 0. The van der Waals surface area contributed by atoms with Crippen molar-refractivity contribution in [3.63, 3.8) is 0 Å². The van der Waals surface area contributed by atoms with Gasteiger partial charge in [0, 0.05) is 65.4 Å². The number of nitrogens with one attached hydrogen (secondary N) is 2. The van der Waals surface area contributed by atoms with E-state index in [0.29, 0.717) is 0 Å². The van der Waals surface area contributed by atoms with Crippen molar-refractivity contribution in [2.24, 2.45) is 0 Å². The SMILES string of the molecule is CCN(CC)CCNCCNCCN1CCN(CC)CC1.